The molecule has 0 bridgehead atoms. The molecule has 0 aliphatic heterocycles. The van der Waals surface area contributed by atoms with Crippen LogP contribution in [0.1, 0.15) is 66.2 Å². The lowest BCUT2D eigenvalue weighted by Gasteiger charge is -2.43. The molecule has 0 aliphatic carbocycles. The van der Waals surface area contributed by atoms with E-state index in [1.165, 1.54) is 6.92 Å². The van der Waals surface area contributed by atoms with E-state index in [1.54, 1.807) is 13.8 Å². The van der Waals surface area contributed by atoms with Gasteiger partial charge >= 0.3 is 11.9 Å². The Bertz CT molecular complexity index is 490. The fraction of sp³-hybridized carbons (Fsp3) is 0.773. The zero-order valence-electron chi connectivity index (χ0n) is 18.4. The van der Waals surface area contributed by atoms with Crippen molar-refractivity contribution in [1.29, 1.82) is 0 Å². The average molecular weight is 414 g/mol. The van der Waals surface area contributed by atoms with Crippen molar-refractivity contribution < 1.29 is 34.2 Å². The summed E-state index contributed by atoms with van der Waals surface area (Å²) in [7, 11) is 0. The lowest BCUT2D eigenvalue weighted by molar-refractivity contribution is -0.934. The molecule has 0 spiro atoms. The predicted molar refractivity (Wildman–Crippen MR) is 110 cm³/mol. The average Bonchev–Trinajstić information content (AvgIpc) is 2.63. The number of carboxylic acids is 3. The van der Waals surface area contributed by atoms with Gasteiger partial charge in [0, 0.05) is 11.9 Å². The van der Waals surface area contributed by atoms with E-state index in [0.717, 1.165) is 38.5 Å². The van der Waals surface area contributed by atoms with Crippen LogP contribution in [0, 0.1) is 17.8 Å². The van der Waals surface area contributed by atoms with E-state index < -0.39 is 35.7 Å². The molecule has 7 heteroatoms. The Balaban J connectivity index is 5.27. The highest BCUT2D eigenvalue weighted by Gasteiger charge is 2.36. The van der Waals surface area contributed by atoms with Crippen LogP contribution in [0.5, 0.6) is 0 Å². The van der Waals surface area contributed by atoms with Gasteiger partial charge < -0.3 is 24.6 Å². The highest BCUT2D eigenvalue weighted by atomic mass is 16.4. The van der Waals surface area contributed by atoms with Crippen LogP contribution in [-0.4, -0.2) is 58.8 Å². The van der Waals surface area contributed by atoms with Crippen molar-refractivity contribution in [2.75, 3.05) is 26.2 Å². The van der Waals surface area contributed by atoms with Gasteiger partial charge in [0.2, 0.25) is 0 Å². The van der Waals surface area contributed by atoms with Crippen LogP contribution in [0.3, 0.4) is 0 Å². The van der Waals surface area contributed by atoms with Gasteiger partial charge in [0.15, 0.2) is 0 Å². The standard InChI is InChI=1S/C22H39NO6/c1-5-6-7-8-9-10-11-12-13-23(14-17(2)20(24)25,15-18(3)21(26)27)16-19(4)22(28)29/h7-8,17-19H,5-6,9-16H2,1-4H3,(H2-,24,25,26,27,28,29)/b8-7+. The van der Waals surface area contributed by atoms with Gasteiger partial charge in [0.25, 0.3) is 0 Å². The molecule has 3 atom stereocenters. The lowest BCUT2D eigenvalue weighted by atomic mass is 10.0. The van der Waals surface area contributed by atoms with Crippen molar-refractivity contribution in [2.24, 2.45) is 17.8 Å². The molecule has 168 valence electrons. The third kappa shape index (κ3) is 11.6. The first-order valence-electron chi connectivity index (χ1n) is 10.7. The molecule has 0 rings (SSSR count). The number of hydrogen-bond acceptors (Lipinski definition) is 4. The largest absolute Gasteiger partial charge is 0.550 e. The van der Waals surface area contributed by atoms with Crippen LogP contribution in [0.25, 0.3) is 0 Å². The SMILES string of the molecule is CCC/C=C/CCCCC[N+](CC(C)C(=O)[O-])(CC(C)C(=O)O)CC(C)C(=O)O. The summed E-state index contributed by atoms with van der Waals surface area (Å²) >= 11 is 0. The van der Waals surface area contributed by atoms with Crippen LogP contribution in [0.2, 0.25) is 0 Å². The normalized spacial score (nSPS) is 16.8. The molecule has 0 radical (unpaired) electrons. The maximum atomic E-state index is 11.5. The summed E-state index contributed by atoms with van der Waals surface area (Å²) in [6.45, 7) is 8.00. The molecule has 0 fully saturated rings. The van der Waals surface area contributed by atoms with Gasteiger partial charge in [0.05, 0.1) is 26.2 Å². The van der Waals surface area contributed by atoms with E-state index in [4.69, 9.17) is 0 Å². The quantitative estimate of drug-likeness (QED) is 0.215. The molecule has 7 nitrogen and oxygen atoms in total. The highest BCUT2D eigenvalue weighted by molar-refractivity contribution is 5.70. The van der Waals surface area contributed by atoms with Gasteiger partial charge in [-0.3, -0.25) is 9.59 Å². The Labute approximate surface area is 175 Å². The van der Waals surface area contributed by atoms with Crippen molar-refractivity contribution >= 4 is 17.9 Å². The zero-order chi connectivity index (χ0) is 22.4. The van der Waals surface area contributed by atoms with E-state index in [2.05, 4.69) is 19.1 Å². The summed E-state index contributed by atoms with van der Waals surface area (Å²) in [6.07, 6.45) is 10.2. The third-order valence-electron chi connectivity index (χ3n) is 5.35. The Hall–Kier alpha value is -1.89. The van der Waals surface area contributed by atoms with Crippen molar-refractivity contribution in [1.82, 2.24) is 0 Å². The summed E-state index contributed by atoms with van der Waals surface area (Å²) in [5, 5.41) is 30.1. The molecule has 0 aromatic carbocycles. The number of hydrogen-bond donors (Lipinski definition) is 2. The van der Waals surface area contributed by atoms with Gasteiger partial charge in [-0.2, -0.15) is 0 Å². The number of carboxylic acid groups (broad SMARTS) is 3. The number of carbonyl (C=O) groups excluding carboxylic acids is 1. The second-order valence-electron chi connectivity index (χ2n) is 8.42. The fourth-order valence-corrected chi connectivity index (χ4v) is 3.76. The maximum Gasteiger partial charge on any atom is 0.311 e. The first-order chi connectivity index (χ1) is 13.5. The van der Waals surface area contributed by atoms with E-state index in [0.29, 0.717) is 6.54 Å². The Kier molecular flexibility index (Phi) is 13.2. The zero-order valence-corrected chi connectivity index (χ0v) is 18.4. The second kappa shape index (κ2) is 14.1. The smallest absolute Gasteiger partial charge is 0.311 e. The third-order valence-corrected chi connectivity index (χ3v) is 5.35. The maximum absolute atomic E-state index is 11.5. The summed E-state index contributed by atoms with van der Waals surface area (Å²) in [6, 6.07) is 0. The minimum absolute atomic E-state index is 0.168. The number of nitrogens with zero attached hydrogens (tertiary/aromatic N) is 1. The molecule has 0 saturated heterocycles. The summed E-state index contributed by atoms with van der Waals surface area (Å²) in [5.41, 5.74) is 0. The molecule has 29 heavy (non-hydrogen) atoms. The molecule has 3 unspecified atom stereocenters. The number of carbonyl (C=O) groups is 3. The van der Waals surface area contributed by atoms with Gasteiger partial charge in [-0.15, -0.1) is 0 Å². The highest BCUT2D eigenvalue weighted by Crippen LogP contribution is 2.21. The number of rotatable bonds is 17. The summed E-state index contributed by atoms with van der Waals surface area (Å²) in [4.78, 5) is 34.3. The lowest BCUT2D eigenvalue weighted by Crippen LogP contribution is -2.58. The summed E-state index contributed by atoms with van der Waals surface area (Å²) in [5.74, 6) is -5.28. The number of unbranched alkanes of at least 4 members (excludes halogenated alkanes) is 4. The van der Waals surface area contributed by atoms with Crippen LogP contribution < -0.4 is 5.11 Å². The topological polar surface area (TPSA) is 115 Å². The van der Waals surface area contributed by atoms with Crippen LogP contribution in [0.4, 0.5) is 0 Å². The summed E-state index contributed by atoms with van der Waals surface area (Å²) < 4.78 is 0.168. The molecule has 0 heterocycles. The predicted octanol–water partition coefficient (Wildman–Crippen LogP) is 2.55. The van der Waals surface area contributed by atoms with Gasteiger partial charge in [-0.25, -0.2) is 0 Å². The van der Waals surface area contributed by atoms with Crippen molar-refractivity contribution in [3.8, 4) is 0 Å². The van der Waals surface area contributed by atoms with E-state index in [9.17, 15) is 29.7 Å². The van der Waals surface area contributed by atoms with Crippen molar-refractivity contribution in [3.63, 3.8) is 0 Å². The Morgan fingerprint density at radius 2 is 1.31 bits per heavy atom. The molecule has 0 amide bonds. The van der Waals surface area contributed by atoms with E-state index in [1.807, 2.05) is 0 Å². The molecule has 0 aromatic rings. The molecule has 0 aliphatic rings. The second-order valence-corrected chi connectivity index (χ2v) is 8.42. The van der Waals surface area contributed by atoms with Crippen molar-refractivity contribution in [3.05, 3.63) is 12.2 Å². The Morgan fingerprint density at radius 1 is 0.828 bits per heavy atom. The number of aliphatic carboxylic acids is 3. The minimum Gasteiger partial charge on any atom is -0.550 e. The van der Waals surface area contributed by atoms with E-state index in [-0.39, 0.29) is 24.1 Å². The van der Waals surface area contributed by atoms with Crippen LogP contribution in [-0.2, 0) is 14.4 Å². The van der Waals surface area contributed by atoms with Gasteiger partial charge in [-0.1, -0.05) is 32.4 Å². The van der Waals surface area contributed by atoms with Crippen molar-refractivity contribution in [2.45, 2.75) is 66.2 Å². The monoisotopic (exact) mass is 413 g/mol. The Morgan fingerprint density at radius 3 is 1.76 bits per heavy atom. The number of allylic oxidation sites excluding steroid dienone is 2. The molecular formula is C22H39NO6. The molecule has 2 N–H and O–H groups in total. The molecule has 0 aromatic heterocycles. The van der Waals surface area contributed by atoms with E-state index >= 15 is 0 Å². The van der Waals surface area contributed by atoms with Crippen LogP contribution >= 0.6 is 0 Å². The first kappa shape index (κ1) is 27.1. The first-order valence-corrected chi connectivity index (χ1v) is 10.7. The van der Waals surface area contributed by atoms with Gasteiger partial charge in [-0.05, 0) is 46.0 Å². The minimum atomic E-state index is -1.19. The fourth-order valence-electron chi connectivity index (χ4n) is 3.76. The molecule has 0 saturated carbocycles. The van der Waals surface area contributed by atoms with Gasteiger partial charge in [0.1, 0.15) is 11.8 Å². The molecular weight excluding hydrogens is 374 g/mol. The number of quaternary nitrogens is 1. The van der Waals surface area contributed by atoms with Crippen LogP contribution in [0.15, 0.2) is 12.2 Å².